The van der Waals surface area contributed by atoms with E-state index in [1.807, 2.05) is 18.2 Å². The van der Waals surface area contributed by atoms with Gasteiger partial charge in [0.15, 0.2) is 0 Å². The predicted octanol–water partition coefficient (Wildman–Crippen LogP) is 4.22. The van der Waals surface area contributed by atoms with Gasteiger partial charge in [0.25, 0.3) is 0 Å². The molecule has 0 aliphatic heterocycles. The van der Waals surface area contributed by atoms with Crippen molar-refractivity contribution in [2.24, 2.45) is 5.18 Å². The molecule has 0 aromatic carbocycles. The van der Waals surface area contributed by atoms with Crippen LogP contribution >= 0.6 is 0 Å². The van der Waals surface area contributed by atoms with Crippen LogP contribution in [0.5, 0.6) is 0 Å². The summed E-state index contributed by atoms with van der Waals surface area (Å²) in [5, 5.41) is 10.7. The SMILES string of the molecule is C/C(N=O)=C(\C)NO.[CH-]1CCCCC1.[Co].c1ccncc1. The van der Waals surface area contributed by atoms with Crippen LogP contribution in [-0.4, -0.2) is 10.2 Å². The summed E-state index contributed by atoms with van der Waals surface area (Å²) in [6.07, 6.45) is 13.0. The zero-order valence-electron chi connectivity index (χ0n) is 12.6. The minimum atomic E-state index is 0. The first-order valence-corrected chi connectivity index (χ1v) is 6.80. The number of nitrogens with one attached hydrogen (secondary N) is 1. The summed E-state index contributed by atoms with van der Waals surface area (Å²) in [5.74, 6) is 0. The van der Waals surface area contributed by atoms with Crippen LogP contribution in [0, 0.1) is 11.3 Å². The van der Waals surface area contributed by atoms with Crippen LogP contribution in [0.3, 0.4) is 0 Å². The quantitative estimate of drug-likeness (QED) is 0.481. The standard InChI is InChI=1S/C6H11.C5H5N.C4H8N2O2.Co/c2*1-2-4-6-5-3-1;1-3(5-7)4(2)6-8;/h1H,2-6H2;1-5H;5,7H,1-2H3;/q-1;;;/b;;4-3-;. The van der Waals surface area contributed by atoms with Crippen molar-refractivity contribution in [1.82, 2.24) is 10.5 Å². The summed E-state index contributed by atoms with van der Waals surface area (Å²) in [7, 11) is 0. The molecule has 1 aliphatic rings. The zero-order chi connectivity index (χ0) is 15.1. The molecule has 121 valence electrons. The molecule has 6 heteroatoms. The number of allylic oxidation sites excluding steroid dienone is 2. The first-order valence-electron chi connectivity index (χ1n) is 6.80. The van der Waals surface area contributed by atoms with Crippen LogP contribution in [0.4, 0.5) is 0 Å². The van der Waals surface area contributed by atoms with Gasteiger partial charge in [-0.1, -0.05) is 25.3 Å². The maximum Gasteiger partial charge on any atom is 0.103 e. The Balaban J connectivity index is 0. The molecule has 1 aromatic rings. The Labute approximate surface area is 137 Å². The van der Waals surface area contributed by atoms with Gasteiger partial charge in [-0.05, 0) is 31.2 Å². The summed E-state index contributed by atoms with van der Waals surface area (Å²) in [5.41, 5.74) is 2.43. The molecule has 0 atom stereocenters. The van der Waals surface area contributed by atoms with Crippen LogP contribution in [0.15, 0.2) is 47.2 Å². The van der Waals surface area contributed by atoms with Crippen LogP contribution in [0.25, 0.3) is 0 Å². The summed E-state index contributed by atoms with van der Waals surface area (Å²) in [6.45, 7) is 3.06. The second-order valence-electron chi connectivity index (χ2n) is 4.36. The van der Waals surface area contributed by atoms with E-state index < -0.39 is 0 Å². The molecule has 1 fully saturated rings. The molecule has 2 N–H and O–H groups in total. The molecule has 1 aromatic heterocycles. The predicted molar refractivity (Wildman–Crippen MR) is 80.7 cm³/mol. The van der Waals surface area contributed by atoms with E-state index in [2.05, 4.69) is 16.6 Å². The van der Waals surface area contributed by atoms with E-state index in [0.717, 1.165) is 0 Å². The van der Waals surface area contributed by atoms with Crippen LogP contribution < -0.4 is 5.48 Å². The molecule has 0 bridgehead atoms. The molecule has 0 spiro atoms. The molecule has 1 heterocycles. The molecule has 21 heavy (non-hydrogen) atoms. The summed E-state index contributed by atoms with van der Waals surface area (Å²) < 4.78 is 0. The van der Waals surface area contributed by atoms with Gasteiger partial charge in [0, 0.05) is 29.2 Å². The van der Waals surface area contributed by atoms with E-state index in [-0.39, 0.29) is 22.5 Å². The molecular weight excluding hydrogens is 313 g/mol. The third kappa shape index (κ3) is 15.0. The Bertz CT molecular complexity index is 330. The molecule has 1 aliphatic carbocycles. The summed E-state index contributed by atoms with van der Waals surface area (Å²) in [4.78, 5) is 13.4. The Morgan fingerprint density at radius 2 is 1.71 bits per heavy atom. The van der Waals surface area contributed by atoms with Crippen LogP contribution in [0.2, 0.25) is 0 Å². The maximum atomic E-state index is 9.65. The van der Waals surface area contributed by atoms with E-state index >= 15 is 0 Å². The van der Waals surface area contributed by atoms with Crippen molar-refractivity contribution in [3.63, 3.8) is 0 Å². The van der Waals surface area contributed by atoms with Crippen molar-refractivity contribution in [1.29, 1.82) is 0 Å². The van der Waals surface area contributed by atoms with E-state index in [9.17, 15) is 4.91 Å². The largest absolute Gasteiger partial charge is 0.328 e. The zero-order valence-corrected chi connectivity index (χ0v) is 13.6. The van der Waals surface area contributed by atoms with Crippen molar-refractivity contribution in [3.8, 4) is 0 Å². The Hall–Kier alpha value is -1.24. The van der Waals surface area contributed by atoms with Gasteiger partial charge in [-0.15, -0.1) is 4.91 Å². The average molecular weight is 337 g/mol. The van der Waals surface area contributed by atoms with Crippen molar-refractivity contribution in [2.45, 2.75) is 46.0 Å². The molecular formula is C15H24CoN3O2-. The van der Waals surface area contributed by atoms with Crippen molar-refractivity contribution >= 4 is 0 Å². The fourth-order valence-corrected chi connectivity index (χ4v) is 1.36. The van der Waals surface area contributed by atoms with Crippen molar-refractivity contribution < 1.29 is 22.0 Å². The Morgan fingerprint density at radius 3 is 1.86 bits per heavy atom. The number of nitrogens with zero attached hydrogens (tertiary/aromatic N) is 2. The number of hydrogen-bond donors (Lipinski definition) is 2. The van der Waals surface area contributed by atoms with Gasteiger partial charge in [0.05, 0.1) is 5.70 Å². The third-order valence-electron chi connectivity index (χ3n) is 2.73. The smallest absolute Gasteiger partial charge is 0.103 e. The van der Waals surface area contributed by atoms with E-state index in [4.69, 9.17) is 5.21 Å². The van der Waals surface area contributed by atoms with Crippen LogP contribution in [0.1, 0.15) is 46.0 Å². The molecule has 0 unspecified atom stereocenters. The molecule has 2 rings (SSSR count). The number of pyridine rings is 1. The van der Waals surface area contributed by atoms with Gasteiger partial charge in [0.1, 0.15) is 5.70 Å². The minimum absolute atomic E-state index is 0. The number of hydrogen-bond acceptors (Lipinski definition) is 5. The van der Waals surface area contributed by atoms with E-state index in [0.29, 0.717) is 5.70 Å². The van der Waals surface area contributed by atoms with Crippen molar-refractivity contribution in [2.75, 3.05) is 0 Å². The average Bonchev–Trinajstić information content (AvgIpc) is 2.57. The number of nitroso groups, excluding NO2 is 1. The molecule has 0 saturated heterocycles. The number of aromatic nitrogens is 1. The second kappa shape index (κ2) is 16.8. The fraction of sp³-hybridized carbons (Fsp3) is 0.467. The van der Waals surface area contributed by atoms with Gasteiger partial charge in [0.2, 0.25) is 0 Å². The first kappa shape index (κ1) is 22.0. The second-order valence-corrected chi connectivity index (χ2v) is 4.36. The monoisotopic (exact) mass is 337 g/mol. The third-order valence-corrected chi connectivity index (χ3v) is 2.73. The van der Waals surface area contributed by atoms with Gasteiger partial charge >= 0.3 is 0 Å². The number of hydroxylamine groups is 1. The molecule has 5 nitrogen and oxygen atoms in total. The van der Waals surface area contributed by atoms with E-state index in [1.54, 1.807) is 24.8 Å². The Kier molecular flexibility index (Phi) is 17.6. The summed E-state index contributed by atoms with van der Waals surface area (Å²) >= 11 is 0. The molecule has 1 saturated carbocycles. The van der Waals surface area contributed by atoms with Crippen LogP contribution in [-0.2, 0) is 16.8 Å². The van der Waals surface area contributed by atoms with Gasteiger partial charge in [-0.25, -0.2) is 0 Å². The molecule has 1 radical (unpaired) electrons. The maximum absolute atomic E-state index is 9.65. The van der Waals surface area contributed by atoms with Gasteiger partial charge in [-0.2, -0.15) is 12.8 Å². The number of rotatable bonds is 2. The van der Waals surface area contributed by atoms with Gasteiger partial charge in [-0.3, -0.25) is 15.7 Å². The normalized spacial score (nSPS) is 13.9. The van der Waals surface area contributed by atoms with Crippen molar-refractivity contribution in [3.05, 3.63) is 53.3 Å². The Morgan fingerprint density at radius 1 is 1.14 bits per heavy atom. The topological polar surface area (TPSA) is 74.6 Å². The minimum Gasteiger partial charge on any atom is -0.328 e. The van der Waals surface area contributed by atoms with Gasteiger partial charge < -0.3 is 6.42 Å². The fourth-order valence-electron chi connectivity index (χ4n) is 1.36. The molecule has 0 amide bonds. The van der Waals surface area contributed by atoms with E-state index in [1.165, 1.54) is 39.0 Å². The summed E-state index contributed by atoms with van der Waals surface area (Å²) in [6, 6.07) is 5.72. The first-order chi connectivity index (χ1) is 9.72.